The van der Waals surface area contributed by atoms with Gasteiger partial charge in [-0.15, -0.1) is 0 Å². The quantitative estimate of drug-likeness (QED) is 0.846. The minimum atomic E-state index is -0.150. The van der Waals surface area contributed by atoms with Crippen LogP contribution in [0, 0.1) is 5.92 Å². The molecule has 0 aromatic heterocycles. The molecular formula is C17H26N2O2. The average molecular weight is 290 g/mol. The van der Waals surface area contributed by atoms with E-state index in [0.29, 0.717) is 6.04 Å². The Kier molecular flexibility index (Phi) is 5.62. The molecule has 0 unspecified atom stereocenters. The molecule has 1 heterocycles. The predicted molar refractivity (Wildman–Crippen MR) is 85.5 cm³/mol. The molecule has 21 heavy (non-hydrogen) atoms. The number of piperidine rings is 1. The number of nitrogens with zero attached hydrogens (tertiary/aromatic N) is 1. The van der Waals surface area contributed by atoms with Crippen LogP contribution in [0.3, 0.4) is 0 Å². The van der Waals surface area contributed by atoms with E-state index in [2.05, 4.69) is 41.5 Å². The highest BCUT2D eigenvalue weighted by atomic mass is 16.5. The Balaban J connectivity index is 1.85. The van der Waals surface area contributed by atoms with Gasteiger partial charge in [-0.1, -0.05) is 19.1 Å². The van der Waals surface area contributed by atoms with Gasteiger partial charge in [-0.3, -0.25) is 4.79 Å². The maximum absolute atomic E-state index is 11.4. The highest BCUT2D eigenvalue weighted by Gasteiger charge is 2.16. The first-order valence-corrected chi connectivity index (χ1v) is 7.70. The molecule has 0 amide bonds. The number of hydrogen-bond acceptors (Lipinski definition) is 4. The van der Waals surface area contributed by atoms with Crippen LogP contribution in [0.5, 0.6) is 0 Å². The van der Waals surface area contributed by atoms with Crippen LogP contribution in [-0.4, -0.2) is 44.2 Å². The molecule has 1 aromatic rings. The lowest BCUT2D eigenvalue weighted by atomic mass is 10.0. The third-order valence-electron chi connectivity index (χ3n) is 4.19. The van der Waals surface area contributed by atoms with E-state index in [9.17, 15) is 4.79 Å². The fraction of sp³-hybridized carbons (Fsp3) is 0.588. The number of likely N-dealkylation sites (tertiary alicyclic amines) is 1. The van der Waals surface area contributed by atoms with Crippen LogP contribution in [0.2, 0.25) is 0 Å². The number of ether oxygens (including phenoxy) is 1. The predicted octanol–water partition coefficient (Wildman–Crippen LogP) is 2.54. The van der Waals surface area contributed by atoms with Gasteiger partial charge >= 0.3 is 5.97 Å². The van der Waals surface area contributed by atoms with Gasteiger partial charge in [-0.05, 0) is 57.1 Å². The number of nitrogens with one attached hydrogen (secondary N) is 1. The molecule has 1 aliphatic heterocycles. The number of benzene rings is 1. The Bertz CT molecular complexity index is 450. The zero-order valence-electron chi connectivity index (χ0n) is 13.3. The summed E-state index contributed by atoms with van der Waals surface area (Å²) in [5.41, 5.74) is 2.33. The number of carbonyl (C=O) groups excluding carboxylic acids is 1. The summed E-state index contributed by atoms with van der Waals surface area (Å²) in [6.45, 7) is 4.22. The van der Waals surface area contributed by atoms with Crippen molar-refractivity contribution < 1.29 is 9.53 Å². The maximum atomic E-state index is 11.4. The van der Waals surface area contributed by atoms with E-state index in [1.807, 2.05) is 6.92 Å². The molecule has 0 saturated carbocycles. The van der Waals surface area contributed by atoms with Gasteiger partial charge in [-0.2, -0.15) is 0 Å². The molecule has 1 saturated heterocycles. The average Bonchev–Trinajstić information content (AvgIpc) is 2.50. The summed E-state index contributed by atoms with van der Waals surface area (Å²) in [6, 6.07) is 8.98. The van der Waals surface area contributed by atoms with E-state index in [0.717, 1.165) is 19.5 Å². The molecule has 0 aliphatic carbocycles. The Morgan fingerprint density at radius 3 is 2.52 bits per heavy atom. The summed E-state index contributed by atoms with van der Waals surface area (Å²) in [6.07, 6.45) is 3.11. The Hall–Kier alpha value is -1.55. The molecule has 2 rings (SSSR count). The van der Waals surface area contributed by atoms with Crippen molar-refractivity contribution in [2.45, 2.75) is 32.2 Å². The van der Waals surface area contributed by atoms with Gasteiger partial charge in [0.2, 0.25) is 0 Å². The first-order chi connectivity index (χ1) is 10.1. The molecular weight excluding hydrogens is 264 g/mol. The van der Waals surface area contributed by atoms with Crippen molar-refractivity contribution in [3.8, 4) is 0 Å². The SMILES string of the molecule is COC(=O)[C@H](C)Cc1ccc(NC2CCN(C)CC2)cc1. The van der Waals surface area contributed by atoms with Crippen LogP contribution in [0.15, 0.2) is 24.3 Å². The van der Waals surface area contributed by atoms with Gasteiger partial charge in [0.15, 0.2) is 0 Å². The van der Waals surface area contributed by atoms with Crippen molar-refractivity contribution in [2.24, 2.45) is 5.92 Å². The molecule has 0 spiro atoms. The van der Waals surface area contributed by atoms with Gasteiger partial charge in [-0.25, -0.2) is 0 Å². The van der Waals surface area contributed by atoms with E-state index in [1.165, 1.54) is 31.2 Å². The summed E-state index contributed by atoms with van der Waals surface area (Å²) in [4.78, 5) is 13.8. The van der Waals surface area contributed by atoms with Crippen molar-refractivity contribution in [1.29, 1.82) is 0 Å². The minimum Gasteiger partial charge on any atom is -0.469 e. The molecule has 116 valence electrons. The highest BCUT2D eigenvalue weighted by Crippen LogP contribution is 2.18. The number of methoxy groups -OCH3 is 1. The van der Waals surface area contributed by atoms with Crippen molar-refractivity contribution >= 4 is 11.7 Å². The molecule has 4 nitrogen and oxygen atoms in total. The van der Waals surface area contributed by atoms with Crippen LogP contribution >= 0.6 is 0 Å². The van der Waals surface area contributed by atoms with Crippen molar-refractivity contribution in [1.82, 2.24) is 4.90 Å². The fourth-order valence-electron chi connectivity index (χ4n) is 2.76. The van der Waals surface area contributed by atoms with Crippen molar-refractivity contribution in [2.75, 3.05) is 32.6 Å². The largest absolute Gasteiger partial charge is 0.469 e. The molecule has 1 fully saturated rings. The lowest BCUT2D eigenvalue weighted by Crippen LogP contribution is -2.36. The Morgan fingerprint density at radius 2 is 1.95 bits per heavy atom. The summed E-state index contributed by atoms with van der Waals surface area (Å²) in [5.74, 6) is -0.244. The summed E-state index contributed by atoms with van der Waals surface area (Å²) in [5, 5.41) is 3.60. The first-order valence-electron chi connectivity index (χ1n) is 7.70. The number of hydrogen-bond donors (Lipinski definition) is 1. The zero-order valence-corrected chi connectivity index (χ0v) is 13.3. The van der Waals surface area contributed by atoms with Crippen LogP contribution in [0.25, 0.3) is 0 Å². The van der Waals surface area contributed by atoms with E-state index < -0.39 is 0 Å². The maximum Gasteiger partial charge on any atom is 0.308 e. The number of anilines is 1. The van der Waals surface area contributed by atoms with E-state index >= 15 is 0 Å². The first kappa shape index (κ1) is 15.8. The third kappa shape index (κ3) is 4.74. The molecule has 1 N–H and O–H groups in total. The Morgan fingerprint density at radius 1 is 1.33 bits per heavy atom. The van der Waals surface area contributed by atoms with Gasteiger partial charge in [0.05, 0.1) is 13.0 Å². The number of rotatable bonds is 5. The molecule has 1 atom stereocenters. The molecule has 0 radical (unpaired) electrons. The van der Waals surface area contributed by atoms with Crippen LogP contribution < -0.4 is 5.32 Å². The van der Waals surface area contributed by atoms with Crippen LogP contribution in [0.1, 0.15) is 25.3 Å². The van der Waals surface area contributed by atoms with Gasteiger partial charge in [0, 0.05) is 11.7 Å². The Labute approximate surface area is 127 Å². The van der Waals surface area contributed by atoms with Gasteiger partial charge < -0.3 is 15.0 Å². The second-order valence-corrected chi connectivity index (χ2v) is 6.05. The third-order valence-corrected chi connectivity index (χ3v) is 4.19. The van der Waals surface area contributed by atoms with E-state index in [4.69, 9.17) is 4.74 Å². The minimum absolute atomic E-state index is 0.0947. The zero-order chi connectivity index (χ0) is 15.2. The molecule has 1 aromatic carbocycles. The molecule has 4 heteroatoms. The monoisotopic (exact) mass is 290 g/mol. The number of carbonyl (C=O) groups is 1. The standard InChI is InChI=1S/C17H26N2O2/c1-13(17(20)21-3)12-14-4-6-15(7-5-14)18-16-8-10-19(2)11-9-16/h4-7,13,16,18H,8-12H2,1-3H3/t13-/m1/s1. The lowest BCUT2D eigenvalue weighted by molar-refractivity contribution is -0.144. The fourth-order valence-corrected chi connectivity index (χ4v) is 2.76. The normalized spacial score (nSPS) is 18.2. The molecule has 1 aliphatic rings. The van der Waals surface area contributed by atoms with Gasteiger partial charge in [0.1, 0.15) is 0 Å². The van der Waals surface area contributed by atoms with Gasteiger partial charge in [0.25, 0.3) is 0 Å². The second kappa shape index (κ2) is 7.46. The second-order valence-electron chi connectivity index (χ2n) is 6.05. The van der Waals surface area contributed by atoms with E-state index in [-0.39, 0.29) is 11.9 Å². The summed E-state index contributed by atoms with van der Waals surface area (Å²) < 4.78 is 4.76. The summed E-state index contributed by atoms with van der Waals surface area (Å²) >= 11 is 0. The topological polar surface area (TPSA) is 41.6 Å². The highest BCUT2D eigenvalue weighted by molar-refractivity contribution is 5.72. The summed E-state index contributed by atoms with van der Waals surface area (Å²) in [7, 11) is 3.61. The van der Waals surface area contributed by atoms with Crippen molar-refractivity contribution in [3.05, 3.63) is 29.8 Å². The van der Waals surface area contributed by atoms with Crippen LogP contribution in [0.4, 0.5) is 5.69 Å². The van der Waals surface area contributed by atoms with Crippen molar-refractivity contribution in [3.63, 3.8) is 0 Å². The lowest BCUT2D eigenvalue weighted by Gasteiger charge is -2.30. The smallest absolute Gasteiger partial charge is 0.308 e. The van der Waals surface area contributed by atoms with E-state index in [1.54, 1.807) is 0 Å². The molecule has 0 bridgehead atoms. The number of esters is 1. The van der Waals surface area contributed by atoms with Crippen LogP contribution in [-0.2, 0) is 16.0 Å².